The fraction of sp³-hybridized carbons (Fsp3) is 0.222. The van der Waals surface area contributed by atoms with Gasteiger partial charge in [0.1, 0.15) is 0 Å². The molecule has 0 aliphatic carbocycles. The summed E-state index contributed by atoms with van der Waals surface area (Å²) in [6.45, 7) is 1.84. The van der Waals surface area contributed by atoms with Crippen molar-refractivity contribution in [2.45, 2.75) is 6.92 Å². The van der Waals surface area contributed by atoms with Crippen molar-refractivity contribution in [3.05, 3.63) is 48.3 Å². The van der Waals surface area contributed by atoms with Crippen molar-refractivity contribution in [3.8, 4) is 22.6 Å². The van der Waals surface area contributed by atoms with Gasteiger partial charge >= 0.3 is 5.97 Å². The van der Waals surface area contributed by atoms with Crippen molar-refractivity contribution in [2.24, 2.45) is 0 Å². The highest BCUT2D eigenvalue weighted by Crippen LogP contribution is 2.32. The number of pyridine rings is 1. The quantitative estimate of drug-likeness (QED) is 0.626. The number of carbonyl (C=O) groups is 1. The van der Waals surface area contributed by atoms with Crippen LogP contribution in [0.2, 0.25) is 0 Å². The number of rotatable bonds is 5. The Balaban J connectivity index is 2.40. The molecule has 0 aliphatic heterocycles. The summed E-state index contributed by atoms with van der Waals surface area (Å²) in [7, 11) is 4.55. The van der Waals surface area contributed by atoms with E-state index in [0.29, 0.717) is 11.5 Å². The van der Waals surface area contributed by atoms with Crippen LogP contribution < -0.4 is 9.47 Å². The van der Waals surface area contributed by atoms with E-state index in [4.69, 9.17) is 9.47 Å². The van der Waals surface area contributed by atoms with Crippen molar-refractivity contribution in [1.82, 2.24) is 4.98 Å². The van der Waals surface area contributed by atoms with Gasteiger partial charge in [-0.1, -0.05) is 6.07 Å². The number of allylic oxidation sites excluding steroid dienone is 1. The van der Waals surface area contributed by atoms with E-state index < -0.39 is 0 Å². The molecule has 1 aromatic heterocycles. The van der Waals surface area contributed by atoms with Crippen molar-refractivity contribution in [1.29, 1.82) is 0 Å². The average molecular weight is 313 g/mol. The second kappa shape index (κ2) is 7.45. The summed E-state index contributed by atoms with van der Waals surface area (Å²) in [4.78, 5) is 15.6. The third kappa shape index (κ3) is 3.88. The number of benzene rings is 1. The molecule has 0 atom stereocenters. The zero-order chi connectivity index (χ0) is 16.8. The molecule has 0 radical (unpaired) electrons. The molecular weight excluding hydrogens is 294 g/mol. The second-order valence-electron chi connectivity index (χ2n) is 4.88. The van der Waals surface area contributed by atoms with Gasteiger partial charge in [-0.3, -0.25) is 4.98 Å². The number of ether oxygens (including phenoxy) is 3. The fourth-order valence-electron chi connectivity index (χ4n) is 2.15. The highest BCUT2D eigenvalue weighted by molar-refractivity contribution is 5.91. The summed E-state index contributed by atoms with van der Waals surface area (Å²) in [5.41, 5.74) is 3.50. The lowest BCUT2D eigenvalue weighted by atomic mass is 10.0. The molecule has 2 aromatic rings. The SMILES string of the molecule is COC(=O)/C=C(\C)c1cncc(-c2ccc(OC)c(OC)c2)c1. The van der Waals surface area contributed by atoms with E-state index in [1.54, 1.807) is 26.6 Å². The van der Waals surface area contributed by atoms with Gasteiger partial charge in [0.25, 0.3) is 0 Å². The number of hydrogen-bond acceptors (Lipinski definition) is 5. The van der Waals surface area contributed by atoms with E-state index in [0.717, 1.165) is 22.3 Å². The van der Waals surface area contributed by atoms with E-state index in [2.05, 4.69) is 9.72 Å². The van der Waals surface area contributed by atoms with Crippen LogP contribution in [-0.2, 0) is 9.53 Å². The van der Waals surface area contributed by atoms with Crippen LogP contribution in [-0.4, -0.2) is 32.3 Å². The number of methoxy groups -OCH3 is 3. The van der Waals surface area contributed by atoms with Crippen molar-refractivity contribution in [3.63, 3.8) is 0 Å². The number of aromatic nitrogens is 1. The van der Waals surface area contributed by atoms with Crippen LogP contribution in [0.4, 0.5) is 0 Å². The topological polar surface area (TPSA) is 57.7 Å². The molecule has 0 amide bonds. The molecule has 1 heterocycles. The molecule has 0 unspecified atom stereocenters. The van der Waals surface area contributed by atoms with Gasteiger partial charge in [0.05, 0.1) is 21.3 Å². The van der Waals surface area contributed by atoms with Gasteiger partial charge < -0.3 is 14.2 Å². The Kier molecular flexibility index (Phi) is 5.36. The number of carbonyl (C=O) groups excluding carboxylic acids is 1. The van der Waals surface area contributed by atoms with Gasteiger partial charge in [-0.2, -0.15) is 0 Å². The average Bonchev–Trinajstić information content (AvgIpc) is 2.60. The molecule has 0 saturated heterocycles. The normalized spacial score (nSPS) is 11.0. The molecule has 0 aliphatic rings. The molecule has 5 heteroatoms. The molecule has 23 heavy (non-hydrogen) atoms. The van der Waals surface area contributed by atoms with Gasteiger partial charge in [-0.05, 0) is 41.8 Å². The number of hydrogen-bond donors (Lipinski definition) is 0. The van der Waals surface area contributed by atoms with Crippen molar-refractivity contribution in [2.75, 3.05) is 21.3 Å². The smallest absolute Gasteiger partial charge is 0.330 e. The summed E-state index contributed by atoms with van der Waals surface area (Å²) in [5, 5.41) is 0. The third-order valence-electron chi connectivity index (χ3n) is 3.45. The molecule has 0 spiro atoms. The Hall–Kier alpha value is -2.82. The first kappa shape index (κ1) is 16.5. The number of nitrogens with zero attached hydrogens (tertiary/aromatic N) is 1. The Bertz CT molecular complexity index is 738. The molecule has 2 rings (SSSR count). The molecule has 0 saturated carbocycles. The standard InChI is InChI=1S/C18H19NO4/c1-12(7-18(20)23-4)14-8-15(11-19-10-14)13-5-6-16(21-2)17(9-13)22-3/h5-11H,1-4H3/b12-7+. The van der Waals surface area contributed by atoms with Crippen LogP contribution >= 0.6 is 0 Å². The summed E-state index contributed by atoms with van der Waals surface area (Å²) in [6.07, 6.45) is 4.91. The summed E-state index contributed by atoms with van der Waals surface area (Å²) in [5.74, 6) is 0.929. The summed E-state index contributed by atoms with van der Waals surface area (Å²) >= 11 is 0. The zero-order valence-electron chi connectivity index (χ0n) is 13.6. The summed E-state index contributed by atoms with van der Waals surface area (Å²) < 4.78 is 15.2. The van der Waals surface area contributed by atoms with Crippen LogP contribution in [0.25, 0.3) is 16.7 Å². The van der Waals surface area contributed by atoms with Gasteiger partial charge in [0, 0.05) is 24.0 Å². The monoisotopic (exact) mass is 313 g/mol. The Labute approximate surface area is 135 Å². The van der Waals surface area contributed by atoms with E-state index in [9.17, 15) is 4.79 Å². The molecule has 5 nitrogen and oxygen atoms in total. The minimum atomic E-state index is -0.390. The van der Waals surface area contributed by atoms with Gasteiger partial charge in [-0.15, -0.1) is 0 Å². The molecule has 0 fully saturated rings. The van der Waals surface area contributed by atoms with E-state index >= 15 is 0 Å². The lowest BCUT2D eigenvalue weighted by Crippen LogP contribution is -1.96. The lowest BCUT2D eigenvalue weighted by molar-refractivity contribution is -0.134. The van der Waals surface area contributed by atoms with Gasteiger partial charge in [0.15, 0.2) is 11.5 Å². The Morgan fingerprint density at radius 1 is 1.00 bits per heavy atom. The molecule has 0 N–H and O–H groups in total. The van der Waals surface area contributed by atoms with Crippen LogP contribution in [0.15, 0.2) is 42.7 Å². The first-order valence-electron chi connectivity index (χ1n) is 7.03. The van der Waals surface area contributed by atoms with Crippen LogP contribution in [0.5, 0.6) is 11.5 Å². The first-order valence-corrected chi connectivity index (χ1v) is 7.03. The summed E-state index contributed by atoms with van der Waals surface area (Å²) in [6, 6.07) is 7.63. The Morgan fingerprint density at radius 3 is 2.39 bits per heavy atom. The van der Waals surface area contributed by atoms with Gasteiger partial charge in [-0.25, -0.2) is 4.79 Å². The Morgan fingerprint density at radius 2 is 1.74 bits per heavy atom. The first-order chi connectivity index (χ1) is 11.1. The molecular formula is C18H19NO4. The molecule has 0 bridgehead atoms. The van der Waals surface area contributed by atoms with Crippen LogP contribution in [0.3, 0.4) is 0 Å². The second-order valence-corrected chi connectivity index (χ2v) is 4.88. The van der Waals surface area contributed by atoms with Crippen LogP contribution in [0, 0.1) is 0 Å². The lowest BCUT2D eigenvalue weighted by Gasteiger charge is -2.10. The predicted molar refractivity (Wildman–Crippen MR) is 88.4 cm³/mol. The van der Waals surface area contributed by atoms with E-state index in [-0.39, 0.29) is 5.97 Å². The number of esters is 1. The van der Waals surface area contributed by atoms with Gasteiger partial charge in [0.2, 0.25) is 0 Å². The largest absolute Gasteiger partial charge is 0.493 e. The maximum atomic E-state index is 11.4. The van der Waals surface area contributed by atoms with E-state index in [1.165, 1.54) is 13.2 Å². The van der Waals surface area contributed by atoms with Crippen LogP contribution in [0.1, 0.15) is 12.5 Å². The minimum absolute atomic E-state index is 0.390. The maximum absolute atomic E-state index is 11.4. The molecule has 1 aromatic carbocycles. The maximum Gasteiger partial charge on any atom is 0.330 e. The molecule has 120 valence electrons. The highest BCUT2D eigenvalue weighted by atomic mass is 16.5. The zero-order valence-corrected chi connectivity index (χ0v) is 13.6. The minimum Gasteiger partial charge on any atom is -0.493 e. The van der Waals surface area contributed by atoms with Crippen molar-refractivity contribution < 1.29 is 19.0 Å². The van der Waals surface area contributed by atoms with Crippen molar-refractivity contribution >= 4 is 11.5 Å². The predicted octanol–water partition coefficient (Wildman–Crippen LogP) is 3.34. The third-order valence-corrected chi connectivity index (χ3v) is 3.45. The fourth-order valence-corrected chi connectivity index (χ4v) is 2.15. The highest BCUT2D eigenvalue weighted by Gasteiger charge is 2.08. The van der Waals surface area contributed by atoms with E-state index in [1.807, 2.05) is 31.2 Å².